The van der Waals surface area contributed by atoms with E-state index in [-0.39, 0.29) is 11.2 Å². The Kier molecular flexibility index (Phi) is 5.51. The zero-order valence-corrected chi connectivity index (χ0v) is 13.9. The van der Waals surface area contributed by atoms with Crippen molar-refractivity contribution in [3.05, 3.63) is 60.1 Å². The van der Waals surface area contributed by atoms with Gasteiger partial charge in [-0.05, 0) is 17.7 Å². The summed E-state index contributed by atoms with van der Waals surface area (Å²) in [5.41, 5.74) is 1.15. The van der Waals surface area contributed by atoms with Crippen molar-refractivity contribution in [1.82, 2.24) is 4.90 Å². The van der Waals surface area contributed by atoms with Crippen molar-refractivity contribution < 1.29 is 9.21 Å². The van der Waals surface area contributed by atoms with Gasteiger partial charge in [0.2, 0.25) is 5.91 Å². The molecule has 1 unspecified atom stereocenters. The molecule has 0 saturated carbocycles. The lowest BCUT2D eigenvalue weighted by molar-refractivity contribution is -0.131. The van der Waals surface area contributed by atoms with Crippen LogP contribution in [0.5, 0.6) is 0 Å². The summed E-state index contributed by atoms with van der Waals surface area (Å²) >= 11 is 3.65. The lowest BCUT2D eigenvalue weighted by Gasteiger charge is -2.28. The highest BCUT2D eigenvalue weighted by Crippen LogP contribution is 2.26. The molecular formula is C17H19NO2S2. The molecule has 0 radical (unpaired) electrons. The summed E-state index contributed by atoms with van der Waals surface area (Å²) in [6.45, 7) is 1.16. The van der Waals surface area contributed by atoms with Crippen LogP contribution in [0.15, 0.2) is 53.1 Å². The summed E-state index contributed by atoms with van der Waals surface area (Å²) in [7, 11) is 0. The number of hydrogen-bond acceptors (Lipinski definition) is 4. The van der Waals surface area contributed by atoms with Crippen molar-refractivity contribution in [1.29, 1.82) is 0 Å². The third kappa shape index (κ3) is 4.11. The Bertz CT molecular complexity index is 580. The molecule has 1 aromatic carbocycles. The number of amides is 1. The Labute approximate surface area is 139 Å². The normalized spacial score (nSPS) is 18.1. The molecule has 5 heteroatoms. The van der Waals surface area contributed by atoms with E-state index >= 15 is 0 Å². The second-order valence-electron chi connectivity index (χ2n) is 5.19. The molecule has 0 bridgehead atoms. The SMILES string of the molecule is O=C(C1CSCCS1)N(Cc1ccccc1)Cc1ccco1. The molecule has 1 aromatic heterocycles. The number of thioether (sulfide) groups is 2. The summed E-state index contributed by atoms with van der Waals surface area (Å²) in [5, 5.41) is 0.0671. The summed E-state index contributed by atoms with van der Waals surface area (Å²) in [6, 6.07) is 13.9. The molecule has 116 valence electrons. The fraction of sp³-hybridized carbons (Fsp3) is 0.353. The van der Waals surface area contributed by atoms with Crippen LogP contribution < -0.4 is 0 Å². The number of nitrogens with zero attached hydrogens (tertiary/aromatic N) is 1. The monoisotopic (exact) mass is 333 g/mol. The molecule has 3 nitrogen and oxygen atoms in total. The maximum Gasteiger partial charge on any atom is 0.237 e. The zero-order chi connectivity index (χ0) is 15.2. The molecule has 0 N–H and O–H groups in total. The fourth-order valence-corrected chi connectivity index (χ4v) is 5.07. The van der Waals surface area contributed by atoms with Crippen LogP contribution in [-0.4, -0.2) is 33.3 Å². The van der Waals surface area contributed by atoms with Gasteiger partial charge in [-0.1, -0.05) is 30.3 Å². The van der Waals surface area contributed by atoms with Gasteiger partial charge in [-0.3, -0.25) is 4.79 Å². The van der Waals surface area contributed by atoms with Crippen LogP contribution in [0.1, 0.15) is 11.3 Å². The van der Waals surface area contributed by atoms with Gasteiger partial charge in [0.25, 0.3) is 0 Å². The van der Waals surface area contributed by atoms with Crippen molar-refractivity contribution in [2.75, 3.05) is 17.3 Å². The molecule has 22 heavy (non-hydrogen) atoms. The van der Waals surface area contributed by atoms with Crippen LogP contribution in [0.25, 0.3) is 0 Å². The Morgan fingerprint density at radius 2 is 2.00 bits per heavy atom. The first-order valence-electron chi connectivity index (χ1n) is 7.37. The predicted molar refractivity (Wildman–Crippen MR) is 93.0 cm³/mol. The summed E-state index contributed by atoms with van der Waals surface area (Å²) in [5.74, 6) is 4.16. The number of rotatable bonds is 5. The molecule has 0 spiro atoms. The number of carbonyl (C=O) groups is 1. The van der Waals surface area contributed by atoms with Crippen LogP contribution in [0, 0.1) is 0 Å². The van der Waals surface area contributed by atoms with Gasteiger partial charge in [-0.25, -0.2) is 0 Å². The van der Waals surface area contributed by atoms with Gasteiger partial charge in [0.15, 0.2) is 0 Å². The highest BCUT2D eigenvalue weighted by atomic mass is 32.2. The third-order valence-electron chi connectivity index (χ3n) is 3.55. The van der Waals surface area contributed by atoms with Gasteiger partial charge in [0.05, 0.1) is 18.1 Å². The van der Waals surface area contributed by atoms with Crippen LogP contribution >= 0.6 is 23.5 Å². The van der Waals surface area contributed by atoms with E-state index in [0.29, 0.717) is 13.1 Å². The van der Waals surface area contributed by atoms with E-state index in [1.54, 1.807) is 18.0 Å². The highest BCUT2D eigenvalue weighted by Gasteiger charge is 2.27. The van der Waals surface area contributed by atoms with E-state index in [2.05, 4.69) is 12.1 Å². The second kappa shape index (κ2) is 7.79. The van der Waals surface area contributed by atoms with Gasteiger partial charge in [-0.2, -0.15) is 11.8 Å². The summed E-state index contributed by atoms with van der Waals surface area (Å²) < 4.78 is 5.43. The summed E-state index contributed by atoms with van der Waals surface area (Å²) in [6.07, 6.45) is 1.66. The van der Waals surface area contributed by atoms with Crippen molar-refractivity contribution >= 4 is 29.4 Å². The fourth-order valence-electron chi connectivity index (χ4n) is 2.44. The molecule has 0 aliphatic carbocycles. The van der Waals surface area contributed by atoms with Crippen molar-refractivity contribution in [3.8, 4) is 0 Å². The van der Waals surface area contributed by atoms with Crippen LogP contribution in [0.2, 0.25) is 0 Å². The standard InChI is InChI=1S/C17H19NO2S2/c19-17(16-13-21-9-10-22-16)18(12-15-7-4-8-20-15)11-14-5-2-1-3-6-14/h1-8,16H,9-13H2. The van der Waals surface area contributed by atoms with E-state index in [4.69, 9.17) is 4.42 Å². The van der Waals surface area contributed by atoms with E-state index in [1.165, 1.54) is 0 Å². The van der Waals surface area contributed by atoms with Gasteiger partial charge >= 0.3 is 0 Å². The first-order chi connectivity index (χ1) is 10.8. The first kappa shape index (κ1) is 15.6. The Morgan fingerprint density at radius 3 is 2.68 bits per heavy atom. The van der Waals surface area contributed by atoms with Gasteiger partial charge in [-0.15, -0.1) is 11.8 Å². The van der Waals surface area contributed by atoms with Gasteiger partial charge in [0.1, 0.15) is 5.76 Å². The lowest BCUT2D eigenvalue weighted by atomic mass is 10.2. The van der Waals surface area contributed by atoms with Crippen molar-refractivity contribution in [3.63, 3.8) is 0 Å². The minimum atomic E-state index is 0.0671. The Balaban J connectivity index is 1.74. The minimum absolute atomic E-state index is 0.0671. The first-order valence-corrected chi connectivity index (χ1v) is 9.58. The number of benzene rings is 1. The molecule has 1 amide bonds. The average Bonchev–Trinajstić information content (AvgIpc) is 3.08. The number of carbonyl (C=O) groups excluding carboxylic acids is 1. The zero-order valence-electron chi connectivity index (χ0n) is 12.3. The topological polar surface area (TPSA) is 33.5 Å². The largest absolute Gasteiger partial charge is 0.467 e. The molecule has 2 aromatic rings. The van der Waals surface area contributed by atoms with Crippen LogP contribution in [0.4, 0.5) is 0 Å². The molecule has 1 atom stereocenters. The lowest BCUT2D eigenvalue weighted by Crippen LogP contribution is -2.39. The van der Waals surface area contributed by atoms with E-state index in [9.17, 15) is 4.79 Å². The average molecular weight is 333 g/mol. The van der Waals surface area contributed by atoms with E-state index < -0.39 is 0 Å². The minimum Gasteiger partial charge on any atom is -0.467 e. The third-order valence-corrected chi connectivity index (χ3v) is 6.29. The van der Waals surface area contributed by atoms with Gasteiger partial charge < -0.3 is 9.32 Å². The van der Waals surface area contributed by atoms with E-state index in [0.717, 1.165) is 28.6 Å². The van der Waals surface area contributed by atoms with Crippen molar-refractivity contribution in [2.45, 2.75) is 18.3 Å². The molecule has 3 rings (SSSR count). The summed E-state index contributed by atoms with van der Waals surface area (Å²) in [4.78, 5) is 14.8. The number of hydrogen-bond donors (Lipinski definition) is 0. The van der Waals surface area contributed by atoms with Crippen molar-refractivity contribution in [2.24, 2.45) is 0 Å². The second-order valence-corrected chi connectivity index (χ2v) is 7.65. The van der Waals surface area contributed by atoms with E-state index in [1.807, 2.05) is 47.0 Å². The smallest absolute Gasteiger partial charge is 0.237 e. The van der Waals surface area contributed by atoms with Gasteiger partial charge in [0, 0.05) is 23.8 Å². The number of furan rings is 1. The molecule has 1 saturated heterocycles. The van der Waals surface area contributed by atoms with Crippen LogP contribution in [0.3, 0.4) is 0 Å². The predicted octanol–water partition coefficient (Wildman–Crippen LogP) is 3.66. The molecule has 1 fully saturated rings. The maximum absolute atomic E-state index is 12.9. The molecule has 1 aliphatic rings. The molecule has 2 heterocycles. The quantitative estimate of drug-likeness (QED) is 0.836. The Morgan fingerprint density at radius 1 is 1.14 bits per heavy atom. The molecule has 1 aliphatic heterocycles. The Hall–Kier alpha value is -1.33. The van der Waals surface area contributed by atoms with Crippen LogP contribution in [-0.2, 0) is 17.9 Å². The molecular weight excluding hydrogens is 314 g/mol. The highest BCUT2D eigenvalue weighted by molar-refractivity contribution is 8.07. The maximum atomic E-state index is 12.9.